The van der Waals surface area contributed by atoms with E-state index < -0.39 is 5.91 Å². The lowest BCUT2D eigenvalue weighted by molar-refractivity contribution is 0.0952. The highest BCUT2D eigenvalue weighted by Gasteiger charge is 2.12. The first kappa shape index (κ1) is 24.5. The molecule has 36 heavy (non-hydrogen) atoms. The Morgan fingerprint density at radius 2 is 1.44 bits per heavy atom. The molecule has 5 rings (SSSR count). The van der Waals surface area contributed by atoms with E-state index >= 15 is 0 Å². The average Bonchev–Trinajstić information content (AvgIpc) is 2.87. The standard InChI is InChI=1S/C29H20I2N2O3/c30-25-12-19(16-32-33-29(35)24-14-22-7-3-4-8-23(22)15-27(24)34)13-26(31)28(25)36-17-18-9-10-20-5-1-2-6-21(20)11-18/h1-16,34H,17H2,(H,33,35). The highest BCUT2D eigenvalue weighted by molar-refractivity contribution is 14.1. The van der Waals surface area contributed by atoms with Crippen LogP contribution < -0.4 is 10.2 Å². The number of hydrazone groups is 1. The zero-order chi connectivity index (χ0) is 25.1. The molecule has 0 bridgehead atoms. The molecular formula is C29H20I2N2O3. The molecule has 2 N–H and O–H groups in total. The Kier molecular flexibility index (Phi) is 7.38. The number of rotatable bonds is 6. The molecule has 0 aliphatic rings. The van der Waals surface area contributed by atoms with Crippen LogP contribution in [0.1, 0.15) is 21.5 Å². The van der Waals surface area contributed by atoms with Gasteiger partial charge in [0.1, 0.15) is 18.1 Å². The summed E-state index contributed by atoms with van der Waals surface area (Å²) < 4.78 is 8.04. The van der Waals surface area contributed by atoms with Crippen LogP contribution in [0.4, 0.5) is 0 Å². The summed E-state index contributed by atoms with van der Waals surface area (Å²) in [5.74, 6) is 0.249. The van der Waals surface area contributed by atoms with Crippen LogP contribution in [-0.2, 0) is 6.61 Å². The van der Waals surface area contributed by atoms with Crippen molar-refractivity contribution in [3.63, 3.8) is 0 Å². The van der Waals surface area contributed by atoms with Gasteiger partial charge in [-0.2, -0.15) is 5.10 Å². The van der Waals surface area contributed by atoms with Crippen molar-refractivity contribution in [2.45, 2.75) is 6.61 Å². The van der Waals surface area contributed by atoms with E-state index in [1.165, 1.54) is 10.8 Å². The second kappa shape index (κ2) is 10.8. The minimum atomic E-state index is -0.478. The van der Waals surface area contributed by atoms with Gasteiger partial charge in [-0.15, -0.1) is 0 Å². The normalized spacial score (nSPS) is 11.3. The van der Waals surface area contributed by atoms with E-state index in [0.717, 1.165) is 34.8 Å². The monoisotopic (exact) mass is 698 g/mol. The molecule has 0 aliphatic carbocycles. The van der Waals surface area contributed by atoms with E-state index in [-0.39, 0.29) is 11.3 Å². The molecule has 0 saturated carbocycles. The number of aromatic hydroxyl groups is 1. The predicted octanol–water partition coefficient (Wildman–Crippen LogP) is 7.25. The van der Waals surface area contributed by atoms with Crippen LogP contribution >= 0.6 is 45.2 Å². The molecule has 5 aromatic rings. The molecule has 1 amide bonds. The van der Waals surface area contributed by atoms with Crippen LogP contribution in [0.15, 0.2) is 96.1 Å². The predicted molar refractivity (Wildman–Crippen MR) is 161 cm³/mol. The van der Waals surface area contributed by atoms with Crippen LogP contribution in [-0.4, -0.2) is 17.2 Å². The largest absolute Gasteiger partial charge is 0.507 e. The zero-order valence-corrected chi connectivity index (χ0v) is 23.2. The molecule has 0 aliphatic heterocycles. The lowest BCUT2D eigenvalue weighted by Crippen LogP contribution is -2.17. The Labute approximate surface area is 235 Å². The first-order valence-electron chi connectivity index (χ1n) is 11.1. The number of phenolic OH excluding ortho intramolecular Hbond substituents is 1. The van der Waals surface area contributed by atoms with E-state index in [1.54, 1.807) is 18.3 Å². The Bertz CT molecular complexity index is 1610. The van der Waals surface area contributed by atoms with Gasteiger partial charge in [0, 0.05) is 0 Å². The second-order valence-electron chi connectivity index (χ2n) is 8.20. The molecule has 5 aromatic carbocycles. The van der Waals surface area contributed by atoms with E-state index in [2.05, 4.69) is 86.0 Å². The molecule has 0 radical (unpaired) electrons. The van der Waals surface area contributed by atoms with Gasteiger partial charge in [0.2, 0.25) is 0 Å². The van der Waals surface area contributed by atoms with Gasteiger partial charge in [0.05, 0.1) is 18.9 Å². The minimum absolute atomic E-state index is 0.0848. The van der Waals surface area contributed by atoms with Crippen LogP contribution in [0, 0.1) is 7.14 Å². The van der Waals surface area contributed by atoms with Gasteiger partial charge >= 0.3 is 0 Å². The minimum Gasteiger partial charge on any atom is -0.507 e. The third-order valence-electron chi connectivity index (χ3n) is 5.71. The lowest BCUT2D eigenvalue weighted by atomic mass is 10.1. The van der Waals surface area contributed by atoms with E-state index in [4.69, 9.17) is 4.74 Å². The van der Waals surface area contributed by atoms with Gasteiger partial charge in [-0.1, -0.05) is 60.7 Å². The highest BCUT2D eigenvalue weighted by atomic mass is 127. The maximum absolute atomic E-state index is 12.6. The van der Waals surface area contributed by atoms with Gasteiger partial charge < -0.3 is 9.84 Å². The number of ether oxygens (including phenoxy) is 1. The average molecular weight is 698 g/mol. The summed E-state index contributed by atoms with van der Waals surface area (Å²) >= 11 is 4.49. The summed E-state index contributed by atoms with van der Waals surface area (Å²) in [5, 5.41) is 18.5. The molecule has 0 fully saturated rings. The Morgan fingerprint density at radius 3 is 2.14 bits per heavy atom. The van der Waals surface area contributed by atoms with Crippen molar-refractivity contribution >= 4 is 78.8 Å². The summed E-state index contributed by atoms with van der Waals surface area (Å²) in [7, 11) is 0. The zero-order valence-electron chi connectivity index (χ0n) is 18.9. The van der Waals surface area contributed by atoms with Crippen molar-refractivity contribution < 1.29 is 14.6 Å². The van der Waals surface area contributed by atoms with Crippen molar-refractivity contribution in [1.29, 1.82) is 0 Å². The molecule has 7 heteroatoms. The van der Waals surface area contributed by atoms with E-state index in [1.807, 2.05) is 48.5 Å². The number of nitrogens with zero attached hydrogens (tertiary/aromatic N) is 1. The number of hydrogen-bond donors (Lipinski definition) is 2. The van der Waals surface area contributed by atoms with Crippen molar-refractivity contribution in [2.24, 2.45) is 5.10 Å². The lowest BCUT2D eigenvalue weighted by Gasteiger charge is -2.12. The van der Waals surface area contributed by atoms with Crippen molar-refractivity contribution in [3.05, 3.63) is 115 Å². The first-order chi connectivity index (χ1) is 17.5. The topological polar surface area (TPSA) is 70.9 Å². The van der Waals surface area contributed by atoms with Gasteiger partial charge in [0.15, 0.2) is 0 Å². The van der Waals surface area contributed by atoms with Crippen molar-refractivity contribution in [2.75, 3.05) is 0 Å². The molecule has 0 atom stereocenters. The maximum atomic E-state index is 12.6. The first-order valence-corrected chi connectivity index (χ1v) is 13.3. The Hall–Kier alpha value is -3.18. The van der Waals surface area contributed by atoms with Gasteiger partial charge in [-0.25, -0.2) is 5.43 Å². The summed E-state index contributed by atoms with van der Waals surface area (Å²) in [6.07, 6.45) is 1.58. The molecular weight excluding hydrogens is 678 g/mol. The number of benzene rings is 5. The number of carbonyl (C=O) groups is 1. The summed E-state index contributed by atoms with van der Waals surface area (Å²) in [4.78, 5) is 12.6. The fourth-order valence-corrected chi connectivity index (χ4v) is 6.04. The fourth-order valence-electron chi connectivity index (χ4n) is 3.91. The fraction of sp³-hybridized carbons (Fsp3) is 0.0345. The van der Waals surface area contributed by atoms with Crippen LogP contribution in [0.2, 0.25) is 0 Å². The summed E-state index contributed by atoms with van der Waals surface area (Å²) in [5.41, 5.74) is 4.60. The van der Waals surface area contributed by atoms with Crippen LogP contribution in [0.5, 0.6) is 11.5 Å². The number of phenols is 1. The summed E-state index contributed by atoms with van der Waals surface area (Å²) in [6, 6.07) is 29.3. The van der Waals surface area contributed by atoms with Crippen molar-refractivity contribution in [1.82, 2.24) is 5.43 Å². The van der Waals surface area contributed by atoms with Gasteiger partial charge in [-0.3, -0.25) is 4.79 Å². The Morgan fingerprint density at radius 1 is 0.833 bits per heavy atom. The third kappa shape index (κ3) is 5.46. The molecule has 5 nitrogen and oxygen atoms in total. The summed E-state index contributed by atoms with van der Waals surface area (Å²) in [6.45, 7) is 0.468. The smallest absolute Gasteiger partial charge is 0.275 e. The highest BCUT2D eigenvalue weighted by Crippen LogP contribution is 2.30. The number of fused-ring (bicyclic) bond motifs is 2. The van der Waals surface area contributed by atoms with Crippen LogP contribution in [0.25, 0.3) is 21.5 Å². The number of carbonyl (C=O) groups excluding carboxylic acids is 1. The molecule has 0 spiro atoms. The number of hydrogen-bond acceptors (Lipinski definition) is 4. The number of halogens is 2. The molecule has 0 aromatic heterocycles. The number of nitrogens with one attached hydrogen (secondary N) is 1. The molecule has 0 heterocycles. The SMILES string of the molecule is O=C(NN=Cc1cc(I)c(OCc2ccc3ccccc3c2)c(I)c1)c1cc2ccccc2cc1O. The van der Waals surface area contributed by atoms with E-state index in [0.29, 0.717) is 6.61 Å². The second-order valence-corrected chi connectivity index (χ2v) is 10.5. The third-order valence-corrected chi connectivity index (χ3v) is 7.31. The van der Waals surface area contributed by atoms with E-state index in [9.17, 15) is 9.90 Å². The maximum Gasteiger partial charge on any atom is 0.275 e. The van der Waals surface area contributed by atoms with Crippen molar-refractivity contribution in [3.8, 4) is 11.5 Å². The number of amides is 1. The molecule has 0 unspecified atom stereocenters. The van der Waals surface area contributed by atoms with Gasteiger partial charge in [0.25, 0.3) is 5.91 Å². The Balaban J connectivity index is 1.26. The quantitative estimate of drug-likeness (QED) is 0.112. The van der Waals surface area contributed by atoms with Crippen LogP contribution in [0.3, 0.4) is 0 Å². The molecule has 0 saturated heterocycles. The van der Waals surface area contributed by atoms with Gasteiger partial charge in [-0.05, 0) is 108 Å². The molecule has 178 valence electrons.